The molecule has 116 valence electrons. The third kappa shape index (κ3) is 3.27. The zero-order valence-electron chi connectivity index (χ0n) is 12.7. The van der Waals surface area contributed by atoms with Crippen LogP contribution in [-0.2, 0) is 11.2 Å². The molecule has 2 aromatic rings. The largest absolute Gasteiger partial charge is 0.358 e. The van der Waals surface area contributed by atoms with Crippen molar-refractivity contribution in [1.29, 1.82) is 0 Å². The number of hydrogen-bond acceptors (Lipinski definition) is 5. The molecule has 0 unspecified atom stereocenters. The minimum Gasteiger partial charge on any atom is -0.358 e. The summed E-state index contributed by atoms with van der Waals surface area (Å²) in [5.74, 6) is 1.06. The SMILES string of the molecule is Cc1sc(-c2ccc(N3CCCC3)nc2)nc1CCNC=O. The average Bonchev–Trinajstić information content (AvgIpc) is 3.18. The highest BCUT2D eigenvalue weighted by atomic mass is 32.1. The predicted octanol–water partition coefficient (Wildman–Crippen LogP) is 2.40. The molecule has 2 aromatic heterocycles. The van der Waals surface area contributed by atoms with E-state index in [0.29, 0.717) is 6.54 Å². The van der Waals surface area contributed by atoms with Crippen LogP contribution in [0.25, 0.3) is 10.6 Å². The Hall–Kier alpha value is -1.95. The van der Waals surface area contributed by atoms with Crippen LogP contribution < -0.4 is 10.2 Å². The molecule has 1 N–H and O–H groups in total. The average molecular weight is 316 g/mol. The highest BCUT2D eigenvalue weighted by molar-refractivity contribution is 7.15. The number of carbonyl (C=O) groups excluding carboxylic acids is 1. The zero-order valence-corrected chi connectivity index (χ0v) is 13.5. The van der Waals surface area contributed by atoms with Gasteiger partial charge in [0.05, 0.1) is 5.69 Å². The van der Waals surface area contributed by atoms with Crippen molar-refractivity contribution in [2.24, 2.45) is 0 Å². The van der Waals surface area contributed by atoms with Crippen molar-refractivity contribution < 1.29 is 4.79 Å². The topological polar surface area (TPSA) is 58.1 Å². The molecule has 0 atom stereocenters. The van der Waals surface area contributed by atoms with Gasteiger partial charge in [0, 0.05) is 42.7 Å². The number of nitrogens with zero attached hydrogens (tertiary/aromatic N) is 3. The molecule has 0 saturated carbocycles. The van der Waals surface area contributed by atoms with Crippen molar-refractivity contribution in [1.82, 2.24) is 15.3 Å². The Morgan fingerprint density at radius 2 is 2.18 bits per heavy atom. The molecule has 0 radical (unpaired) electrons. The quantitative estimate of drug-likeness (QED) is 0.657. The van der Waals surface area contributed by atoms with E-state index in [1.807, 2.05) is 6.20 Å². The number of carbonyl (C=O) groups is 1. The maximum atomic E-state index is 10.3. The van der Waals surface area contributed by atoms with Gasteiger partial charge >= 0.3 is 0 Å². The van der Waals surface area contributed by atoms with Crippen LogP contribution in [0.4, 0.5) is 5.82 Å². The van der Waals surface area contributed by atoms with E-state index in [-0.39, 0.29) is 0 Å². The fourth-order valence-corrected chi connectivity index (χ4v) is 3.63. The molecule has 1 aliphatic heterocycles. The van der Waals surface area contributed by atoms with Crippen LogP contribution >= 0.6 is 11.3 Å². The summed E-state index contributed by atoms with van der Waals surface area (Å²) in [6.07, 6.45) is 5.92. The summed E-state index contributed by atoms with van der Waals surface area (Å²) >= 11 is 1.68. The van der Waals surface area contributed by atoms with E-state index in [4.69, 9.17) is 0 Å². The maximum absolute atomic E-state index is 10.3. The number of anilines is 1. The van der Waals surface area contributed by atoms with Gasteiger partial charge in [-0.05, 0) is 31.9 Å². The first kappa shape index (κ1) is 15.0. The van der Waals surface area contributed by atoms with Gasteiger partial charge in [0.25, 0.3) is 0 Å². The molecule has 0 spiro atoms. The molecular weight excluding hydrogens is 296 g/mol. The summed E-state index contributed by atoms with van der Waals surface area (Å²) < 4.78 is 0. The van der Waals surface area contributed by atoms with E-state index in [0.717, 1.165) is 48.0 Å². The van der Waals surface area contributed by atoms with Crippen molar-refractivity contribution >= 4 is 23.6 Å². The lowest BCUT2D eigenvalue weighted by Gasteiger charge is -2.15. The molecule has 6 heteroatoms. The van der Waals surface area contributed by atoms with Gasteiger partial charge in [0.2, 0.25) is 6.41 Å². The number of thiazole rings is 1. The third-order valence-corrected chi connectivity index (χ3v) is 4.97. The Labute approximate surface area is 134 Å². The first-order chi connectivity index (χ1) is 10.8. The Balaban J connectivity index is 1.73. The highest BCUT2D eigenvalue weighted by Crippen LogP contribution is 2.28. The molecule has 1 fully saturated rings. The number of nitrogens with one attached hydrogen (secondary N) is 1. The van der Waals surface area contributed by atoms with Gasteiger partial charge in [-0.1, -0.05) is 0 Å². The van der Waals surface area contributed by atoms with Gasteiger partial charge < -0.3 is 10.2 Å². The zero-order chi connectivity index (χ0) is 15.4. The second kappa shape index (κ2) is 6.87. The van der Waals surface area contributed by atoms with Crippen LogP contribution in [0.5, 0.6) is 0 Å². The smallest absolute Gasteiger partial charge is 0.207 e. The van der Waals surface area contributed by atoms with Gasteiger partial charge in [-0.15, -0.1) is 11.3 Å². The molecule has 22 heavy (non-hydrogen) atoms. The summed E-state index contributed by atoms with van der Waals surface area (Å²) in [7, 11) is 0. The van der Waals surface area contributed by atoms with Gasteiger partial charge in [-0.25, -0.2) is 9.97 Å². The van der Waals surface area contributed by atoms with Crippen LogP contribution in [0.2, 0.25) is 0 Å². The van der Waals surface area contributed by atoms with Crippen molar-refractivity contribution in [3.63, 3.8) is 0 Å². The lowest BCUT2D eigenvalue weighted by molar-refractivity contribution is -0.109. The van der Waals surface area contributed by atoms with Gasteiger partial charge in [0.1, 0.15) is 10.8 Å². The minimum absolute atomic E-state index is 0.625. The van der Waals surface area contributed by atoms with E-state index < -0.39 is 0 Å². The Kier molecular flexibility index (Phi) is 4.68. The summed E-state index contributed by atoms with van der Waals surface area (Å²) in [5, 5.41) is 3.68. The van der Waals surface area contributed by atoms with Crippen LogP contribution in [-0.4, -0.2) is 36.0 Å². The summed E-state index contributed by atoms with van der Waals surface area (Å²) in [5.41, 5.74) is 2.11. The number of rotatable bonds is 6. The van der Waals surface area contributed by atoms with Crippen LogP contribution in [0.1, 0.15) is 23.4 Å². The lowest BCUT2D eigenvalue weighted by atomic mass is 10.2. The number of aromatic nitrogens is 2. The second-order valence-electron chi connectivity index (χ2n) is 5.44. The number of amides is 1. The maximum Gasteiger partial charge on any atom is 0.207 e. The lowest BCUT2D eigenvalue weighted by Crippen LogP contribution is -2.18. The third-order valence-electron chi connectivity index (χ3n) is 3.91. The summed E-state index contributed by atoms with van der Waals surface area (Å²) in [6.45, 7) is 4.91. The van der Waals surface area contributed by atoms with E-state index in [2.05, 4.69) is 39.2 Å². The van der Waals surface area contributed by atoms with E-state index >= 15 is 0 Å². The molecule has 1 saturated heterocycles. The van der Waals surface area contributed by atoms with Gasteiger partial charge in [-0.3, -0.25) is 4.79 Å². The molecule has 5 nitrogen and oxygen atoms in total. The summed E-state index contributed by atoms with van der Waals surface area (Å²) in [6, 6.07) is 4.19. The van der Waals surface area contributed by atoms with Crippen molar-refractivity contribution in [2.45, 2.75) is 26.2 Å². The first-order valence-corrected chi connectivity index (χ1v) is 8.44. The number of hydrogen-bond donors (Lipinski definition) is 1. The molecule has 3 rings (SSSR count). The van der Waals surface area contributed by atoms with Crippen molar-refractivity contribution in [3.8, 4) is 10.6 Å². The van der Waals surface area contributed by atoms with E-state index in [1.165, 1.54) is 17.7 Å². The number of pyridine rings is 1. The molecular formula is C16H20N4OS. The minimum atomic E-state index is 0.625. The molecule has 0 aromatic carbocycles. The fourth-order valence-electron chi connectivity index (χ4n) is 2.68. The van der Waals surface area contributed by atoms with Crippen LogP contribution in [0, 0.1) is 6.92 Å². The standard InChI is InChI=1S/C16H20N4OS/c1-12-14(6-7-17-11-21)19-16(22-12)13-4-5-15(18-10-13)20-8-2-3-9-20/h4-5,10-11H,2-3,6-9H2,1H3,(H,17,21). The van der Waals surface area contributed by atoms with Crippen LogP contribution in [0.3, 0.4) is 0 Å². The van der Waals surface area contributed by atoms with Gasteiger partial charge in [0.15, 0.2) is 0 Å². The molecule has 1 amide bonds. The first-order valence-electron chi connectivity index (χ1n) is 7.62. The second-order valence-corrected chi connectivity index (χ2v) is 6.65. The van der Waals surface area contributed by atoms with Crippen LogP contribution in [0.15, 0.2) is 18.3 Å². The number of aryl methyl sites for hydroxylation is 1. The fraction of sp³-hybridized carbons (Fsp3) is 0.438. The Morgan fingerprint density at radius 1 is 1.36 bits per heavy atom. The normalized spacial score (nSPS) is 14.3. The monoisotopic (exact) mass is 316 g/mol. The predicted molar refractivity (Wildman–Crippen MR) is 89.3 cm³/mol. The van der Waals surface area contributed by atoms with E-state index in [9.17, 15) is 4.79 Å². The molecule has 0 aliphatic carbocycles. The highest BCUT2D eigenvalue weighted by Gasteiger charge is 2.14. The molecule has 0 bridgehead atoms. The Morgan fingerprint density at radius 3 is 2.86 bits per heavy atom. The van der Waals surface area contributed by atoms with Crippen molar-refractivity contribution in [2.75, 3.05) is 24.5 Å². The Bertz CT molecular complexity index is 632. The molecule has 1 aliphatic rings. The van der Waals surface area contributed by atoms with Gasteiger partial charge in [-0.2, -0.15) is 0 Å². The van der Waals surface area contributed by atoms with Crippen molar-refractivity contribution in [3.05, 3.63) is 28.9 Å². The summed E-state index contributed by atoms with van der Waals surface area (Å²) in [4.78, 5) is 23.1. The molecule has 3 heterocycles. The van der Waals surface area contributed by atoms with E-state index in [1.54, 1.807) is 11.3 Å².